The van der Waals surface area contributed by atoms with Crippen molar-refractivity contribution in [1.29, 1.82) is 0 Å². The van der Waals surface area contributed by atoms with Gasteiger partial charge in [0.1, 0.15) is 23.3 Å². The molecule has 0 aliphatic carbocycles. The van der Waals surface area contributed by atoms with E-state index in [2.05, 4.69) is 20.6 Å². The number of pyridine rings is 2. The molecule has 440 valence electrons. The lowest BCUT2D eigenvalue weighted by molar-refractivity contribution is -0.265. The molecule has 0 bridgehead atoms. The Kier molecular flexibility index (Phi) is 20.7. The third-order valence-corrected chi connectivity index (χ3v) is 14.4. The van der Waals surface area contributed by atoms with Crippen molar-refractivity contribution in [1.82, 2.24) is 20.6 Å². The fourth-order valence-electron chi connectivity index (χ4n) is 10.2. The molecule has 9 rings (SSSR count). The number of hydrogen-bond acceptors (Lipinski definition) is 7. The Balaban J connectivity index is 0.000000222. The summed E-state index contributed by atoms with van der Waals surface area (Å²) in [5.41, 5.74) is -7.49. The van der Waals surface area contributed by atoms with Crippen molar-refractivity contribution in [3.05, 3.63) is 274 Å². The van der Waals surface area contributed by atoms with E-state index < -0.39 is 93.7 Å². The number of ether oxygens (including phenoxy) is 2. The number of aliphatic hydroxyl groups is 1. The van der Waals surface area contributed by atoms with E-state index in [1.165, 1.54) is 85.6 Å². The fourth-order valence-corrected chi connectivity index (χ4v) is 10.2. The zero-order valence-corrected chi connectivity index (χ0v) is 45.9. The number of carbonyl (C=O) groups is 2. The molecular weight excluding hydrogens is 1110 g/mol. The highest BCUT2D eigenvalue weighted by Gasteiger charge is 2.63. The van der Waals surface area contributed by atoms with E-state index in [-0.39, 0.29) is 24.2 Å². The third-order valence-electron chi connectivity index (χ3n) is 14.4. The molecule has 0 unspecified atom stereocenters. The van der Waals surface area contributed by atoms with Gasteiger partial charge in [0.15, 0.2) is 0 Å². The van der Waals surface area contributed by atoms with Crippen LogP contribution in [0.15, 0.2) is 194 Å². The number of carbonyl (C=O) groups excluding carboxylic acids is 2. The molecule has 1 fully saturated rings. The molecule has 0 saturated carbocycles. The van der Waals surface area contributed by atoms with Crippen molar-refractivity contribution in [3.63, 3.8) is 0 Å². The number of aromatic nitrogens is 2. The first-order valence-electron chi connectivity index (χ1n) is 26.5. The summed E-state index contributed by atoms with van der Waals surface area (Å²) in [6.45, 7) is 4.36. The minimum Gasteiger partial charge on any atom is -0.381 e. The summed E-state index contributed by atoms with van der Waals surface area (Å²) in [7, 11) is 0.814. The lowest BCUT2D eigenvalue weighted by Gasteiger charge is -2.38. The minimum absolute atomic E-state index is 0.0609. The molecule has 3 heterocycles. The summed E-state index contributed by atoms with van der Waals surface area (Å²) < 4.78 is 153. The van der Waals surface area contributed by atoms with E-state index in [4.69, 9.17) is 9.47 Å². The van der Waals surface area contributed by atoms with Crippen LogP contribution < -0.4 is 10.6 Å². The van der Waals surface area contributed by atoms with E-state index in [0.717, 1.165) is 74.7 Å². The second-order valence-corrected chi connectivity index (χ2v) is 20.3. The topological polar surface area (TPSA) is 123 Å². The summed E-state index contributed by atoms with van der Waals surface area (Å²) in [6.07, 6.45) is -5.84. The number of amides is 2. The van der Waals surface area contributed by atoms with Gasteiger partial charge >= 0.3 is 12.4 Å². The van der Waals surface area contributed by atoms with Gasteiger partial charge in [-0.25, -0.2) is 17.6 Å². The van der Waals surface area contributed by atoms with E-state index in [1.807, 2.05) is 0 Å². The fraction of sp³-hybridized carbons (Fsp3) is 0.262. The van der Waals surface area contributed by atoms with E-state index in [0.29, 0.717) is 27.8 Å². The van der Waals surface area contributed by atoms with E-state index in [9.17, 15) is 58.6 Å². The maximum atomic E-state index is 14.8. The molecule has 6 aromatic carbocycles. The molecule has 1 aliphatic rings. The molecule has 19 heteroatoms. The van der Waals surface area contributed by atoms with Gasteiger partial charge in [-0.2, -0.15) is 26.3 Å². The molecule has 84 heavy (non-hydrogen) atoms. The maximum absolute atomic E-state index is 14.8. The number of alkyl halides is 6. The lowest BCUT2D eigenvalue weighted by atomic mass is 9.72. The van der Waals surface area contributed by atoms with Gasteiger partial charge in [0.05, 0.1) is 34.6 Å². The molecule has 8 aromatic rings. The molecule has 9 nitrogen and oxygen atoms in total. The molecule has 0 spiro atoms. The molecule has 3 N–H and O–H groups in total. The minimum atomic E-state index is -5.36. The van der Waals surface area contributed by atoms with Crippen LogP contribution in [0.25, 0.3) is 0 Å². The standard InChI is InChI=1S/C31H27F5N2O2.C30H25F5N2O2.C4H8O/c1-21-15-24(17-26(33)16-21)29(18-22-9-5-3-6-10-22,27-14-13-25(32)19-37-27)20-38-28(39)30(40-2,31(34,35)36)23-11-7-4-8-12-23;1-20-14-23(16-25(32)15-20)28(17-21-8-4-2-5-9-21,26-13-12-24(31)18-36-26)19-37-27(38)29(39,30(33,34)35)22-10-6-3-7-11-22;1-2-4-5-3-1/h3-17,19H,18,20H2,1-2H3,(H,38,39);2-16,18,39H,17,19H2,1H3,(H,37,38);1-4H2/t29-,30-;28-,29-;/m00./s1. The molecule has 2 amide bonds. The Morgan fingerprint density at radius 3 is 1.23 bits per heavy atom. The van der Waals surface area contributed by atoms with Gasteiger partial charge in [0, 0.05) is 44.5 Å². The molecule has 2 aromatic heterocycles. The second-order valence-electron chi connectivity index (χ2n) is 20.3. The quantitative estimate of drug-likeness (QED) is 0.0776. The summed E-state index contributed by atoms with van der Waals surface area (Å²) in [6, 6.07) is 43.7. The highest BCUT2D eigenvalue weighted by molar-refractivity contribution is 5.88. The molecule has 1 aliphatic heterocycles. The summed E-state index contributed by atoms with van der Waals surface area (Å²) in [4.78, 5) is 35.3. The number of hydrogen-bond donors (Lipinski definition) is 3. The van der Waals surface area contributed by atoms with Crippen LogP contribution in [-0.2, 0) is 53.9 Å². The van der Waals surface area contributed by atoms with Gasteiger partial charge in [0.2, 0.25) is 0 Å². The number of halogens is 10. The van der Waals surface area contributed by atoms with E-state index in [1.54, 1.807) is 86.6 Å². The van der Waals surface area contributed by atoms with Crippen LogP contribution in [0.5, 0.6) is 0 Å². The summed E-state index contributed by atoms with van der Waals surface area (Å²) in [5, 5.41) is 15.5. The van der Waals surface area contributed by atoms with Crippen LogP contribution >= 0.6 is 0 Å². The first kappa shape index (κ1) is 63.3. The zero-order chi connectivity index (χ0) is 60.8. The van der Waals surface area contributed by atoms with Gasteiger partial charge < -0.3 is 25.2 Å². The first-order chi connectivity index (χ1) is 40.0. The Morgan fingerprint density at radius 1 is 0.500 bits per heavy atom. The maximum Gasteiger partial charge on any atom is 0.430 e. The van der Waals surface area contributed by atoms with Gasteiger partial charge in [-0.15, -0.1) is 0 Å². The van der Waals surface area contributed by atoms with Crippen molar-refractivity contribution in [2.45, 2.75) is 73.9 Å². The molecular formula is C65H60F10N4O5. The van der Waals surface area contributed by atoms with Gasteiger partial charge in [0.25, 0.3) is 23.0 Å². The Labute approximate surface area is 479 Å². The van der Waals surface area contributed by atoms with Crippen LogP contribution in [0.2, 0.25) is 0 Å². The third kappa shape index (κ3) is 14.6. The van der Waals surface area contributed by atoms with Crippen molar-refractivity contribution in [2.24, 2.45) is 0 Å². The van der Waals surface area contributed by atoms with Crippen LogP contribution in [0.3, 0.4) is 0 Å². The number of aryl methyl sites for hydroxylation is 2. The Hall–Kier alpha value is -8.26. The van der Waals surface area contributed by atoms with Crippen molar-refractivity contribution in [3.8, 4) is 0 Å². The predicted octanol–water partition coefficient (Wildman–Crippen LogP) is 13.0. The van der Waals surface area contributed by atoms with Gasteiger partial charge in [-0.05, 0) is 121 Å². The monoisotopic (exact) mass is 1170 g/mol. The molecule has 1 saturated heterocycles. The van der Waals surface area contributed by atoms with Crippen molar-refractivity contribution >= 4 is 11.8 Å². The first-order valence-corrected chi connectivity index (χ1v) is 26.5. The largest absolute Gasteiger partial charge is 0.430 e. The van der Waals surface area contributed by atoms with Crippen molar-refractivity contribution < 1.29 is 68.1 Å². The van der Waals surface area contributed by atoms with Crippen LogP contribution in [0.4, 0.5) is 43.9 Å². The van der Waals surface area contributed by atoms with E-state index >= 15 is 0 Å². The number of nitrogens with one attached hydrogen (secondary N) is 2. The average Bonchev–Trinajstić information content (AvgIpc) is 1.73. The molecule has 0 radical (unpaired) electrons. The second kappa shape index (κ2) is 27.4. The van der Waals surface area contributed by atoms with Gasteiger partial charge in [-0.3, -0.25) is 19.6 Å². The Morgan fingerprint density at radius 2 is 0.893 bits per heavy atom. The molecule has 4 atom stereocenters. The lowest BCUT2D eigenvalue weighted by Crippen LogP contribution is -2.58. The van der Waals surface area contributed by atoms with Crippen molar-refractivity contribution in [2.75, 3.05) is 33.4 Å². The summed E-state index contributed by atoms with van der Waals surface area (Å²) in [5.74, 6) is -5.63. The normalized spacial score (nSPS) is 15.3. The van der Waals surface area contributed by atoms with Gasteiger partial charge in [-0.1, -0.05) is 133 Å². The number of methoxy groups -OCH3 is 1. The number of nitrogens with zero attached hydrogens (tertiary/aromatic N) is 2. The number of rotatable bonds is 17. The van der Waals surface area contributed by atoms with Crippen LogP contribution in [0.1, 0.15) is 68.7 Å². The Bertz CT molecular complexity index is 3370. The highest BCUT2D eigenvalue weighted by atomic mass is 19.4. The summed E-state index contributed by atoms with van der Waals surface area (Å²) >= 11 is 0. The predicted molar refractivity (Wildman–Crippen MR) is 296 cm³/mol. The van der Waals surface area contributed by atoms with Crippen LogP contribution in [-0.4, -0.2) is 72.7 Å². The zero-order valence-electron chi connectivity index (χ0n) is 45.9. The highest BCUT2D eigenvalue weighted by Crippen LogP contribution is 2.44. The smallest absolute Gasteiger partial charge is 0.381 e. The average molecular weight is 1170 g/mol. The SMILES string of the molecule is C1CCOC1.CO[C@](C(=O)NC[C@@](Cc1ccccc1)(c1cc(C)cc(F)c1)c1ccc(F)cn1)(c1ccccc1)C(F)(F)F.Cc1cc(F)cc([C@@](CNC(=O)[C@@](O)(c2ccccc2)C(F)(F)F)(Cc2ccccc2)c2ccc(F)cn2)c1. The number of benzene rings is 6. The van der Waals surface area contributed by atoms with Crippen LogP contribution in [0, 0.1) is 37.1 Å².